The average molecular weight is 466 g/mol. The van der Waals surface area contributed by atoms with Crippen molar-refractivity contribution in [2.24, 2.45) is 0 Å². The minimum Gasteiger partial charge on any atom is -0.382 e. The lowest BCUT2D eigenvalue weighted by molar-refractivity contribution is 0.578. The van der Waals surface area contributed by atoms with Gasteiger partial charge in [0.1, 0.15) is 46.2 Å². The van der Waals surface area contributed by atoms with Crippen LogP contribution in [0.25, 0.3) is 16.6 Å². The van der Waals surface area contributed by atoms with Gasteiger partial charge in [-0.25, -0.2) is 18.2 Å². The fourth-order valence-corrected chi connectivity index (χ4v) is 3.57. The van der Waals surface area contributed by atoms with E-state index in [-0.39, 0.29) is 52.0 Å². The van der Waals surface area contributed by atoms with E-state index in [2.05, 4.69) is 20.3 Å². The maximum atomic E-state index is 14.6. The van der Waals surface area contributed by atoms with Crippen LogP contribution in [0, 0.1) is 28.8 Å². The summed E-state index contributed by atoms with van der Waals surface area (Å²) in [6.45, 7) is 1.71. The maximum absolute atomic E-state index is 14.6. The van der Waals surface area contributed by atoms with Crippen LogP contribution in [-0.2, 0) is 0 Å². The summed E-state index contributed by atoms with van der Waals surface area (Å²) in [5.74, 6) is -3.09. The summed E-state index contributed by atoms with van der Waals surface area (Å²) in [4.78, 5) is 25.5. The van der Waals surface area contributed by atoms with Crippen LogP contribution in [0.2, 0.25) is 0 Å². The van der Waals surface area contributed by atoms with E-state index in [4.69, 9.17) is 11.5 Å². The minimum atomic E-state index is -0.920. The maximum Gasteiger partial charge on any atom is 0.266 e. The Bertz CT molecular complexity index is 1510. The number of anilines is 3. The summed E-state index contributed by atoms with van der Waals surface area (Å²) in [5, 5.41) is 12.3. The molecule has 12 heteroatoms. The van der Waals surface area contributed by atoms with Crippen molar-refractivity contribution in [3.63, 3.8) is 0 Å². The number of hydrogen-bond acceptors (Lipinski definition) is 8. The van der Waals surface area contributed by atoms with Crippen molar-refractivity contribution in [1.82, 2.24) is 19.5 Å². The number of nitrogens with zero attached hydrogens (tertiary/aromatic N) is 5. The third-order valence-corrected chi connectivity index (χ3v) is 5.08. The van der Waals surface area contributed by atoms with Gasteiger partial charge in [0.05, 0.1) is 17.1 Å². The molecule has 5 N–H and O–H groups in total. The molecule has 2 aromatic heterocycles. The van der Waals surface area contributed by atoms with E-state index in [1.54, 1.807) is 6.92 Å². The Morgan fingerprint density at radius 3 is 2.47 bits per heavy atom. The lowest BCUT2D eigenvalue weighted by Gasteiger charge is -2.23. The number of aromatic nitrogens is 4. The van der Waals surface area contributed by atoms with E-state index in [9.17, 15) is 23.2 Å². The Morgan fingerprint density at radius 2 is 1.82 bits per heavy atom. The third-order valence-electron chi connectivity index (χ3n) is 5.08. The standard InChI is InChI=1S/C22H17F3N8O/c1-2-16(29-19-14(9-26)18(27)31-22(28)32-19)20-30-17-13(4-3-5-15(17)25)21(34)33(20)12-7-10(23)6-11(24)8-12/h3-8,16H,2H2,1H3,(H5,27,28,29,31,32)/t16-/m0/s1. The van der Waals surface area contributed by atoms with Crippen LogP contribution in [0.3, 0.4) is 0 Å². The first-order chi connectivity index (χ1) is 16.2. The van der Waals surface area contributed by atoms with Crippen LogP contribution < -0.4 is 22.3 Å². The van der Waals surface area contributed by atoms with Gasteiger partial charge in [-0.1, -0.05) is 13.0 Å². The van der Waals surface area contributed by atoms with Crippen LogP contribution in [-0.4, -0.2) is 19.5 Å². The predicted octanol–water partition coefficient (Wildman–Crippen LogP) is 3.19. The molecule has 0 bridgehead atoms. The highest BCUT2D eigenvalue weighted by Crippen LogP contribution is 2.28. The van der Waals surface area contributed by atoms with E-state index in [1.807, 2.05) is 6.07 Å². The van der Waals surface area contributed by atoms with Crippen molar-refractivity contribution in [2.45, 2.75) is 19.4 Å². The molecule has 2 aromatic carbocycles. The molecule has 0 unspecified atom stereocenters. The van der Waals surface area contributed by atoms with Gasteiger partial charge in [0.25, 0.3) is 5.56 Å². The number of para-hydroxylation sites is 1. The highest BCUT2D eigenvalue weighted by atomic mass is 19.1. The van der Waals surface area contributed by atoms with Crippen LogP contribution in [0.4, 0.5) is 30.8 Å². The van der Waals surface area contributed by atoms with E-state index >= 15 is 0 Å². The van der Waals surface area contributed by atoms with Crippen molar-refractivity contribution in [2.75, 3.05) is 16.8 Å². The molecule has 0 saturated carbocycles. The second-order valence-corrected chi connectivity index (χ2v) is 7.28. The molecule has 0 radical (unpaired) electrons. The third kappa shape index (κ3) is 3.95. The monoisotopic (exact) mass is 466 g/mol. The molecule has 0 aliphatic carbocycles. The molecule has 4 aromatic rings. The summed E-state index contributed by atoms with van der Waals surface area (Å²) >= 11 is 0. The highest BCUT2D eigenvalue weighted by Gasteiger charge is 2.24. The fraction of sp³-hybridized carbons (Fsp3) is 0.136. The second kappa shape index (κ2) is 8.70. The van der Waals surface area contributed by atoms with Gasteiger partial charge >= 0.3 is 0 Å². The lowest BCUT2D eigenvalue weighted by atomic mass is 10.1. The molecule has 0 aliphatic heterocycles. The molecular weight excluding hydrogens is 449 g/mol. The molecule has 0 fully saturated rings. The van der Waals surface area contributed by atoms with E-state index in [0.29, 0.717) is 6.07 Å². The van der Waals surface area contributed by atoms with E-state index < -0.39 is 29.1 Å². The van der Waals surface area contributed by atoms with Gasteiger partial charge in [0.15, 0.2) is 5.82 Å². The number of hydrogen-bond donors (Lipinski definition) is 3. The van der Waals surface area contributed by atoms with Crippen molar-refractivity contribution in [1.29, 1.82) is 5.26 Å². The smallest absolute Gasteiger partial charge is 0.266 e. The highest BCUT2D eigenvalue weighted by molar-refractivity contribution is 5.78. The Labute approximate surface area is 190 Å². The molecule has 34 heavy (non-hydrogen) atoms. The molecule has 2 heterocycles. The van der Waals surface area contributed by atoms with Crippen molar-refractivity contribution >= 4 is 28.5 Å². The topological polar surface area (TPSA) is 149 Å². The molecule has 0 amide bonds. The molecule has 4 rings (SSSR count). The van der Waals surface area contributed by atoms with E-state index in [0.717, 1.165) is 22.8 Å². The minimum absolute atomic E-state index is 0.0424. The Morgan fingerprint density at radius 1 is 1.12 bits per heavy atom. The average Bonchev–Trinajstić information content (AvgIpc) is 2.77. The van der Waals surface area contributed by atoms with Gasteiger partial charge in [0, 0.05) is 6.07 Å². The molecule has 0 aliphatic rings. The number of benzene rings is 2. The quantitative estimate of drug-likeness (QED) is 0.406. The zero-order valence-corrected chi connectivity index (χ0v) is 17.7. The van der Waals surface area contributed by atoms with Gasteiger partial charge in [0.2, 0.25) is 5.95 Å². The zero-order chi connectivity index (χ0) is 24.6. The van der Waals surface area contributed by atoms with Crippen LogP contribution in [0.15, 0.2) is 41.2 Å². The first kappa shape index (κ1) is 22.5. The molecule has 1 atom stereocenters. The van der Waals surface area contributed by atoms with E-state index in [1.165, 1.54) is 12.1 Å². The Hall–Kier alpha value is -4.66. The van der Waals surface area contributed by atoms with Gasteiger partial charge in [-0.15, -0.1) is 0 Å². The van der Waals surface area contributed by atoms with Crippen LogP contribution >= 0.6 is 0 Å². The zero-order valence-electron chi connectivity index (χ0n) is 17.7. The Balaban J connectivity index is 2.01. The Kier molecular flexibility index (Phi) is 5.77. The van der Waals surface area contributed by atoms with Gasteiger partial charge in [-0.05, 0) is 30.7 Å². The first-order valence-electron chi connectivity index (χ1n) is 10.0. The molecular formula is C22H17F3N8O. The summed E-state index contributed by atoms with van der Waals surface area (Å²) < 4.78 is 43.6. The van der Waals surface area contributed by atoms with Crippen molar-refractivity contribution < 1.29 is 13.2 Å². The molecule has 0 spiro atoms. The van der Waals surface area contributed by atoms with Gasteiger partial charge in [-0.2, -0.15) is 15.2 Å². The summed E-state index contributed by atoms with van der Waals surface area (Å²) in [6.07, 6.45) is 0.235. The predicted molar refractivity (Wildman–Crippen MR) is 119 cm³/mol. The summed E-state index contributed by atoms with van der Waals surface area (Å²) in [7, 11) is 0. The van der Waals surface area contributed by atoms with Crippen molar-refractivity contribution in [3.8, 4) is 11.8 Å². The van der Waals surface area contributed by atoms with Crippen LogP contribution in [0.5, 0.6) is 0 Å². The van der Waals surface area contributed by atoms with Gasteiger partial charge in [-0.3, -0.25) is 9.36 Å². The summed E-state index contributed by atoms with van der Waals surface area (Å²) in [6, 6.07) is 7.37. The van der Waals surface area contributed by atoms with Crippen molar-refractivity contribution in [3.05, 3.63) is 75.6 Å². The number of nitriles is 1. The number of nitrogens with one attached hydrogen (secondary N) is 1. The number of rotatable bonds is 5. The normalized spacial score (nSPS) is 11.9. The summed E-state index contributed by atoms with van der Waals surface area (Å²) in [5.41, 5.74) is 10.2. The fourth-order valence-electron chi connectivity index (χ4n) is 3.57. The lowest BCUT2D eigenvalue weighted by Crippen LogP contribution is -2.29. The molecule has 9 nitrogen and oxygen atoms in total. The number of halogens is 3. The first-order valence-corrected chi connectivity index (χ1v) is 10.0. The SMILES string of the molecule is CC[C@H](Nc1nc(N)nc(N)c1C#N)c1nc2c(F)cccc2c(=O)n1-c1cc(F)cc(F)c1. The molecule has 172 valence electrons. The number of fused-ring (bicyclic) bond motifs is 1. The number of nitrogen functional groups attached to an aromatic ring is 2. The number of nitrogens with two attached hydrogens (primary N) is 2. The van der Waals surface area contributed by atoms with Gasteiger partial charge < -0.3 is 16.8 Å². The van der Waals surface area contributed by atoms with Crippen LogP contribution in [0.1, 0.15) is 30.8 Å². The second-order valence-electron chi connectivity index (χ2n) is 7.28. The molecule has 0 saturated heterocycles. The largest absolute Gasteiger partial charge is 0.382 e.